The fourth-order valence-electron chi connectivity index (χ4n) is 1.86. The van der Waals surface area contributed by atoms with Crippen molar-refractivity contribution in [1.82, 2.24) is 20.3 Å². The van der Waals surface area contributed by atoms with Crippen molar-refractivity contribution in [3.8, 4) is 0 Å². The number of H-pyrrole nitrogens is 1. The molecule has 0 aliphatic carbocycles. The Balaban J connectivity index is 1.88. The van der Waals surface area contributed by atoms with Crippen LogP contribution < -0.4 is 5.56 Å². The first kappa shape index (κ1) is 13.0. The van der Waals surface area contributed by atoms with Crippen LogP contribution in [-0.2, 0) is 11.3 Å². The van der Waals surface area contributed by atoms with E-state index in [2.05, 4.69) is 20.3 Å². The van der Waals surface area contributed by atoms with Crippen molar-refractivity contribution in [3.63, 3.8) is 0 Å². The summed E-state index contributed by atoms with van der Waals surface area (Å²) in [5.41, 5.74) is -0.337. The number of rotatable bonds is 3. The highest BCUT2D eigenvalue weighted by Gasteiger charge is 2.16. The zero-order valence-electron chi connectivity index (χ0n) is 11.0. The molecule has 1 N–H and O–H groups in total. The van der Waals surface area contributed by atoms with Gasteiger partial charge in [-0.15, -0.1) is 0 Å². The fourth-order valence-corrected chi connectivity index (χ4v) is 1.86. The van der Waals surface area contributed by atoms with Crippen LogP contribution in [0, 0.1) is 6.92 Å². The van der Waals surface area contributed by atoms with E-state index in [1.165, 1.54) is 0 Å². The maximum atomic E-state index is 12.1. The average molecular weight is 286 g/mol. The standard InChI is InChI=1S/C13H10N4O4/c1-7-14-10(21-17-7)6-20-13(19)11-8-4-2-3-5-9(8)12(18)16-15-11/h2-5H,6H2,1H3,(H,16,18). The highest BCUT2D eigenvalue weighted by Crippen LogP contribution is 2.13. The molecule has 0 saturated heterocycles. The minimum absolute atomic E-state index is 0.0291. The van der Waals surface area contributed by atoms with Crippen molar-refractivity contribution < 1.29 is 14.1 Å². The van der Waals surface area contributed by atoms with E-state index in [0.717, 1.165) is 0 Å². The first-order valence-electron chi connectivity index (χ1n) is 6.09. The molecule has 0 fully saturated rings. The average Bonchev–Trinajstić information content (AvgIpc) is 2.91. The number of benzene rings is 1. The summed E-state index contributed by atoms with van der Waals surface area (Å²) in [7, 11) is 0. The highest BCUT2D eigenvalue weighted by atomic mass is 16.6. The highest BCUT2D eigenvalue weighted by molar-refractivity contribution is 6.01. The quantitative estimate of drug-likeness (QED) is 0.714. The van der Waals surface area contributed by atoms with Crippen molar-refractivity contribution >= 4 is 16.7 Å². The van der Waals surface area contributed by atoms with Gasteiger partial charge in [0.25, 0.3) is 11.4 Å². The molecular formula is C13H10N4O4. The smallest absolute Gasteiger partial charge is 0.359 e. The van der Waals surface area contributed by atoms with Gasteiger partial charge >= 0.3 is 5.97 Å². The van der Waals surface area contributed by atoms with Gasteiger partial charge in [-0.05, 0) is 13.0 Å². The molecule has 106 valence electrons. The monoisotopic (exact) mass is 286 g/mol. The predicted molar refractivity (Wildman–Crippen MR) is 70.5 cm³/mol. The summed E-state index contributed by atoms with van der Waals surface area (Å²) in [6.07, 6.45) is 0. The van der Waals surface area contributed by atoms with Crippen LogP contribution in [0.15, 0.2) is 33.6 Å². The summed E-state index contributed by atoms with van der Waals surface area (Å²) in [6.45, 7) is 1.50. The second kappa shape index (κ2) is 5.16. The van der Waals surface area contributed by atoms with Gasteiger partial charge in [0.1, 0.15) is 0 Å². The SMILES string of the molecule is Cc1noc(COC(=O)c2n[nH]c(=O)c3ccccc23)n1. The minimum Gasteiger partial charge on any atom is -0.451 e. The van der Waals surface area contributed by atoms with Gasteiger partial charge in [0.15, 0.2) is 18.1 Å². The van der Waals surface area contributed by atoms with Gasteiger partial charge in [-0.3, -0.25) is 4.79 Å². The van der Waals surface area contributed by atoms with E-state index in [0.29, 0.717) is 16.6 Å². The number of carbonyl (C=O) groups excluding carboxylic acids is 1. The van der Waals surface area contributed by atoms with Crippen LogP contribution in [-0.4, -0.2) is 26.3 Å². The molecule has 0 saturated carbocycles. The number of nitrogens with one attached hydrogen (secondary N) is 1. The molecule has 3 rings (SSSR count). The van der Waals surface area contributed by atoms with Crippen LogP contribution >= 0.6 is 0 Å². The van der Waals surface area contributed by atoms with Crippen LogP contribution in [0.2, 0.25) is 0 Å². The second-order valence-corrected chi connectivity index (χ2v) is 4.26. The number of fused-ring (bicyclic) bond motifs is 1. The second-order valence-electron chi connectivity index (χ2n) is 4.26. The molecule has 8 heteroatoms. The van der Waals surface area contributed by atoms with Crippen molar-refractivity contribution in [2.75, 3.05) is 0 Å². The molecule has 3 aromatic rings. The number of hydrogen-bond acceptors (Lipinski definition) is 7. The Morgan fingerprint density at radius 2 is 2.10 bits per heavy atom. The third kappa shape index (κ3) is 2.50. The van der Waals surface area contributed by atoms with Crippen LogP contribution in [0.25, 0.3) is 10.8 Å². The third-order valence-corrected chi connectivity index (χ3v) is 2.79. The maximum Gasteiger partial charge on any atom is 0.359 e. The summed E-state index contributed by atoms with van der Waals surface area (Å²) < 4.78 is 9.90. The molecule has 0 amide bonds. The largest absolute Gasteiger partial charge is 0.451 e. The summed E-state index contributed by atoms with van der Waals surface area (Å²) >= 11 is 0. The molecule has 0 bridgehead atoms. The van der Waals surface area contributed by atoms with Crippen LogP contribution in [0.1, 0.15) is 22.2 Å². The van der Waals surface area contributed by atoms with Crippen molar-refractivity contribution in [1.29, 1.82) is 0 Å². The number of esters is 1. The van der Waals surface area contributed by atoms with E-state index in [-0.39, 0.29) is 23.8 Å². The number of aromatic amines is 1. The van der Waals surface area contributed by atoms with Gasteiger partial charge in [0.05, 0.1) is 5.39 Å². The third-order valence-electron chi connectivity index (χ3n) is 2.79. The fraction of sp³-hybridized carbons (Fsp3) is 0.154. The molecular weight excluding hydrogens is 276 g/mol. The van der Waals surface area contributed by atoms with Gasteiger partial charge in [-0.25, -0.2) is 9.89 Å². The lowest BCUT2D eigenvalue weighted by molar-refractivity contribution is 0.0424. The predicted octanol–water partition coefficient (Wildman–Crippen LogP) is 0.972. The first-order valence-corrected chi connectivity index (χ1v) is 6.09. The molecule has 0 aliphatic rings. The number of nitrogens with zero attached hydrogens (tertiary/aromatic N) is 3. The minimum atomic E-state index is -0.682. The molecule has 0 spiro atoms. The molecule has 0 radical (unpaired) electrons. The van der Waals surface area contributed by atoms with E-state index < -0.39 is 5.97 Å². The van der Waals surface area contributed by atoms with Gasteiger partial charge in [-0.2, -0.15) is 10.1 Å². The van der Waals surface area contributed by atoms with E-state index in [4.69, 9.17) is 9.26 Å². The van der Waals surface area contributed by atoms with Crippen LogP contribution in [0.3, 0.4) is 0 Å². The van der Waals surface area contributed by atoms with Gasteiger partial charge in [-0.1, -0.05) is 23.4 Å². The zero-order valence-corrected chi connectivity index (χ0v) is 11.0. The zero-order chi connectivity index (χ0) is 14.8. The molecule has 0 atom stereocenters. The van der Waals surface area contributed by atoms with Crippen molar-refractivity contribution in [3.05, 3.63) is 52.0 Å². The Morgan fingerprint density at radius 1 is 1.33 bits per heavy atom. The lowest BCUT2D eigenvalue weighted by Crippen LogP contribution is -2.16. The Morgan fingerprint density at radius 3 is 2.81 bits per heavy atom. The summed E-state index contributed by atoms with van der Waals surface area (Å²) in [5, 5.41) is 10.4. The Bertz CT molecular complexity index is 868. The maximum absolute atomic E-state index is 12.1. The normalized spacial score (nSPS) is 10.7. The van der Waals surface area contributed by atoms with E-state index in [1.807, 2.05) is 0 Å². The Labute approximate surface area is 117 Å². The van der Waals surface area contributed by atoms with Gasteiger partial charge in [0.2, 0.25) is 0 Å². The van der Waals surface area contributed by atoms with Crippen molar-refractivity contribution in [2.24, 2.45) is 0 Å². The molecule has 0 aliphatic heterocycles. The topological polar surface area (TPSA) is 111 Å². The number of carbonyl (C=O) groups is 1. The van der Waals surface area contributed by atoms with Gasteiger partial charge in [0, 0.05) is 5.39 Å². The Hall–Kier alpha value is -3.03. The summed E-state index contributed by atoms with van der Waals surface area (Å²) in [6, 6.07) is 6.65. The van der Waals surface area contributed by atoms with Gasteiger partial charge < -0.3 is 9.26 Å². The number of aromatic nitrogens is 4. The van der Waals surface area contributed by atoms with E-state index >= 15 is 0 Å². The molecule has 1 aromatic carbocycles. The van der Waals surface area contributed by atoms with Crippen molar-refractivity contribution in [2.45, 2.75) is 13.5 Å². The lowest BCUT2D eigenvalue weighted by Gasteiger charge is -2.04. The molecule has 8 nitrogen and oxygen atoms in total. The molecule has 21 heavy (non-hydrogen) atoms. The Kier molecular flexibility index (Phi) is 3.19. The number of aryl methyl sites for hydroxylation is 1. The van der Waals surface area contributed by atoms with Crippen LogP contribution in [0.4, 0.5) is 0 Å². The first-order chi connectivity index (χ1) is 10.1. The molecule has 2 aromatic heterocycles. The number of ether oxygens (including phenoxy) is 1. The summed E-state index contributed by atoms with van der Waals surface area (Å²) in [5.74, 6) is -0.0402. The van der Waals surface area contributed by atoms with E-state index in [1.54, 1.807) is 31.2 Å². The summed E-state index contributed by atoms with van der Waals surface area (Å²) in [4.78, 5) is 27.6. The van der Waals surface area contributed by atoms with E-state index in [9.17, 15) is 9.59 Å². The molecule has 0 unspecified atom stereocenters. The molecule has 2 heterocycles. The van der Waals surface area contributed by atoms with Crippen LogP contribution in [0.5, 0.6) is 0 Å². The number of hydrogen-bond donors (Lipinski definition) is 1. The lowest BCUT2D eigenvalue weighted by atomic mass is 10.1.